The largest absolute Gasteiger partial charge is 0.497 e. The first-order valence-electron chi connectivity index (χ1n) is 9.23. The number of methoxy groups -OCH3 is 1. The van der Waals surface area contributed by atoms with Crippen LogP contribution in [0.25, 0.3) is 0 Å². The van der Waals surface area contributed by atoms with E-state index in [1.54, 1.807) is 7.11 Å². The lowest BCUT2D eigenvalue weighted by Gasteiger charge is -2.12. The third-order valence-electron chi connectivity index (χ3n) is 3.74. The monoisotopic (exact) mass is 375 g/mol. The highest BCUT2D eigenvalue weighted by molar-refractivity contribution is 5.79. The van der Waals surface area contributed by atoms with Crippen LogP contribution in [0.2, 0.25) is 0 Å². The van der Waals surface area contributed by atoms with Crippen LogP contribution >= 0.6 is 0 Å². The fraction of sp³-hybridized carbons (Fsp3) is 0.526. The van der Waals surface area contributed by atoms with Gasteiger partial charge in [-0.3, -0.25) is 0 Å². The molecule has 0 aliphatic carbocycles. The highest BCUT2D eigenvalue weighted by Gasteiger charge is 2.04. The normalized spacial score (nSPS) is 11.4. The Balaban J connectivity index is 1.86. The van der Waals surface area contributed by atoms with Crippen LogP contribution in [0.15, 0.2) is 33.8 Å². The van der Waals surface area contributed by atoms with Crippen LogP contribution in [-0.4, -0.2) is 49.5 Å². The number of guanidine groups is 1. The molecule has 2 rings (SSSR count). The van der Waals surface area contributed by atoms with Crippen LogP contribution in [0.4, 0.5) is 0 Å². The lowest BCUT2D eigenvalue weighted by atomic mass is 10.2. The van der Waals surface area contributed by atoms with Gasteiger partial charge in [0.2, 0.25) is 5.89 Å². The minimum Gasteiger partial charge on any atom is -0.497 e. The van der Waals surface area contributed by atoms with Gasteiger partial charge in [0.15, 0.2) is 11.8 Å². The van der Waals surface area contributed by atoms with Gasteiger partial charge >= 0.3 is 0 Å². The van der Waals surface area contributed by atoms with Gasteiger partial charge in [0.25, 0.3) is 0 Å². The highest BCUT2D eigenvalue weighted by Crippen LogP contribution is 2.11. The fourth-order valence-electron chi connectivity index (χ4n) is 2.33. The molecular weight excluding hydrogens is 346 g/mol. The lowest BCUT2D eigenvalue weighted by Crippen LogP contribution is -2.39. The van der Waals surface area contributed by atoms with Gasteiger partial charge in [-0.2, -0.15) is 4.98 Å². The summed E-state index contributed by atoms with van der Waals surface area (Å²) in [4.78, 5) is 8.86. The molecule has 0 saturated heterocycles. The number of hydrogen-bond acceptors (Lipinski definition) is 6. The molecule has 0 bridgehead atoms. The van der Waals surface area contributed by atoms with Crippen molar-refractivity contribution in [2.45, 2.75) is 33.2 Å². The molecule has 2 aromatic rings. The van der Waals surface area contributed by atoms with Crippen molar-refractivity contribution in [1.29, 1.82) is 0 Å². The summed E-state index contributed by atoms with van der Waals surface area (Å²) in [7, 11) is 1.66. The van der Waals surface area contributed by atoms with E-state index in [4.69, 9.17) is 14.0 Å². The number of aromatic nitrogens is 2. The smallest absolute Gasteiger partial charge is 0.228 e. The molecule has 0 fully saturated rings. The second-order valence-corrected chi connectivity index (χ2v) is 5.90. The fourth-order valence-corrected chi connectivity index (χ4v) is 2.33. The predicted octanol–water partition coefficient (Wildman–Crippen LogP) is 2.09. The number of nitrogens with zero attached hydrogens (tertiary/aromatic N) is 3. The van der Waals surface area contributed by atoms with Gasteiger partial charge in [-0.15, -0.1) is 0 Å². The predicted molar refractivity (Wildman–Crippen MR) is 104 cm³/mol. The molecule has 2 N–H and O–H groups in total. The Morgan fingerprint density at radius 2 is 1.96 bits per heavy atom. The molecule has 0 unspecified atom stereocenters. The number of hydrogen-bond donors (Lipinski definition) is 2. The van der Waals surface area contributed by atoms with Crippen LogP contribution < -0.4 is 15.4 Å². The number of rotatable bonds is 11. The second-order valence-electron chi connectivity index (χ2n) is 5.90. The van der Waals surface area contributed by atoms with Crippen molar-refractivity contribution < 1.29 is 14.0 Å². The van der Waals surface area contributed by atoms with Gasteiger partial charge in [-0.25, -0.2) is 4.99 Å². The number of aliphatic imine (C=N–C) groups is 1. The zero-order chi connectivity index (χ0) is 19.3. The Labute approximate surface area is 160 Å². The average molecular weight is 375 g/mol. The van der Waals surface area contributed by atoms with Gasteiger partial charge in [0, 0.05) is 32.7 Å². The summed E-state index contributed by atoms with van der Waals surface area (Å²) in [6.45, 7) is 7.29. The summed E-state index contributed by atoms with van der Waals surface area (Å²) in [5, 5.41) is 10.4. The van der Waals surface area contributed by atoms with Crippen molar-refractivity contribution in [3.8, 4) is 5.75 Å². The maximum Gasteiger partial charge on any atom is 0.228 e. The average Bonchev–Trinajstić information content (AvgIpc) is 3.11. The molecule has 0 aliphatic heterocycles. The highest BCUT2D eigenvalue weighted by atomic mass is 16.5. The quantitative estimate of drug-likeness (QED) is 0.353. The van der Waals surface area contributed by atoms with E-state index in [-0.39, 0.29) is 0 Å². The third kappa shape index (κ3) is 8.08. The van der Waals surface area contributed by atoms with Crippen molar-refractivity contribution in [3.05, 3.63) is 41.5 Å². The van der Waals surface area contributed by atoms with E-state index < -0.39 is 0 Å². The Kier molecular flexibility index (Phi) is 9.12. The van der Waals surface area contributed by atoms with E-state index in [0.717, 1.165) is 43.5 Å². The summed E-state index contributed by atoms with van der Waals surface area (Å²) in [6.07, 6.45) is 1.56. The molecule has 0 saturated carbocycles. The van der Waals surface area contributed by atoms with Crippen LogP contribution in [0.3, 0.4) is 0 Å². The van der Waals surface area contributed by atoms with Crippen molar-refractivity contribution in [2.24, 2.45) is 4.99 Å². The Hall–Kier alpha value is -2.61. The number of ether oxygens (including phenoxy) is 2. The van der Waals surface area contributed by atoms with Crippen molar-refractivity contribution >= 4 is 5.96 Å². The van der Waals surface area contributed by atoms with E-state index >= 15 is 0 Å². The summed E-state index contributed by atoms with van der Waals surface area (Å²) in [6, 6.07) is 7.89. The van der Waals surface area contributed by atoms with Crippen LogP contribution in [-0.2, 0) is 17.7 Å². The van der Waals surface area contributed by atoms with E-state index in [9.17, 15) is 0 Å². The number of nitrogens with one attached hydrogen (secondary N) is 2. The molecule has 0 atom stereocenters. The van der Waals surface area contributed by atoms with Crippen molar-refractivity contribution in [1.82, 2.24) is 20.8 Å². The standard InChI is InChI=1S/C19H29N5O3/c1-4-26-13-5-11-20-19(21-12-10-18-23-15(2)24-27-18)22-14-16-6-8-17(25-3)9-7-16/h6-9H,4-5,10-14H2,1-3H3,(H2,20,21,22). The first kappa shape index (κ1) is 20.7. The first-order chi connectivity index (χ1) is 13.2. The van der Waals surface area contributed by atoms with Crippen LogP contribution in [0.1, 0.15) is 30.6 Å². The molecule has 1 aromatic carbocycles. The van der Waals surface area contributed by atoms with Gasteiger partial charge in [-0.05, 0) is 38.0 Å². The molecule has 0 amide bonds. The third-order valence-corrected chi connectivity index (χ3v) is 3.74. The zero-order valence-corrected chi connectivity index (χ0v) is 16.3. The first-order valence-corrected chi connectivity index (χ1v) is 9.23. The zero-order valence-electron chi connectivity index (χ0n) is 16.3. The lowest BCUT2D eigenvalue weighted by molar-refractivity contribution is 0.145. The summed E-state index contributed by atoms with van der Waals surface area (Å²) in [5.74, 6) is 2.85. The van der Waals surface area contributed by atoms with E-state index in [0.29, 0.717) is 31.2 Å². The van der Waals surface area contributed by atoms with E-state index in [2.05, 4.69) is 25.8 Å². The molecule has 148 valence electrons. The summed E-state index contributed by atoms with van der Waals surface area (Å²) >= 11 is 0. The number of benzene rings is 1. The minimum atomic E-state index is 0.574. The number of aryl methyl sites for hydroxylation is 1. The molecular formula is C19H29N5O3. The molecule has 1 aromatic heterocycles. The summed E-state index contributed by atoms with van der Waals surface area (Å²) in [5.41, 5.74) is 1.11. The molecule has 8 heteroatoms. The molecule has 1 heterocycles. The molecule has 8 nitrogen and oxygen atoms in total. The van der Waals surface area contributed by atoms with Crippen LogP contribution in [0.5, 0.6) is 5.75 Å². The second kappa shape index (κ2) is 11.9. The van der Waals surface area contributed by atoms with Gasteiger partial charge in [0.1, 0.15) is 5.75 Å². The van der Waals surface area contributed by atoms with Gasteiger partial charge in [0.05, 0.1) is 13.7 Å². The minimum absolute atomic E-state index is 0.574. The van der Waals surface area contributed by atoms with Gasteiger partial charge < -0.3 is 24.6 Å². The maximum atomic E-state index is 5.37. The molecule has 0 spiro atoms. The SMILES string of the molecule is CCOCCCNC(=NCc1ccc(OC)cc1)NCCc1nc(C)no1. The molecule has 27 heavy (non-hydrogen) atoms. The van der Waals surface area contributed by atoms with Crippen molar-refractivity contribution in [3.63, 3.8) is 0 Å². The Bertz CT molecular complexity index is 685. The van der Waals surface area contributed by atoms with Crippen molar-refractivity contribution in [2.75, 3.05) is 33.4 Å². The van der Waals surface area contributed by atoms with E-state index in [1.807, 2.05) is 38.1 Å². The molecule has 0 aliphatic rings. The Morgan fingerprint density at radius 3 is 2.63 bits per heavy atom. The van der Waals surface area contributed by atoms with E-state index in [1.165, 1.54) is 0 Å². The summed E-state index contributed by atoms with van der Waals surface area (Å²) < 4.78 is 15.7. The Morgan fingerprint density at radius 1 is 1.19 bits per heavy atom. The van der Waals surface area contributed by atoms with Crippen LogP contribution in [0, 0.1) is 6.92 Å². The molecule has 0 radical (unpaired) electrons. The topological polar surface area (TPSA) is 93.8 Å². The van der Waals surface area contributed by atoms with Gasteiger partial charge in [-0.1, -0.05) is 17.3 Å². The maximum absolute atomic E-state index is 5.37.